The van der Waals surface area contributed by atoms with Gasteiger partial charge in [0.15, 0.2) is 0 Å². The number of benzene rings is 1. The number of piperidine rings is 1. The number of carbonyl (C=O) groups excluding carboxylic acids is 1. The Hall–Kier alpha value is -2.55. The van der Waals surface area contributed by atoms with Crippen LogP contribution in [0, 0.1) is 0 Å². The maximum atomic E-state index is 10.5. The summed E-state index contributed by atoms with van der Waals surface area (Å²) in [4.78, 5) is 12.2. The second kappa shape index (κ2) is 5.40. The van der Waals surface area contributed by atoms with Gasteiger partial charge in [0.2, 0.25) is 0 Å². The number of ether oxygens (including phenoxy) is 1. The van der Waals surface area contributed by atoms with Crippen molar-refractivity contribution in [2.24, 2.45) is 0 Å². The summed E-state index contributed by atoms with van der Waals surface area (Å²) in [6.45, 7) is 3.40. The normalized spacial score (nSPS) is 18.6. The Labute approximate surface area is 107 Å². The van der Waals surface area contributed by atoms with Crippen molar-refractivity contribution in [1.82, 2.24) is 10.2 Å². The second-order valence-corrected chi connectivity index (χ2v) is 4.93. The van der Waals surface area contributed by atoms with Crippen molar-refractivity contribution in [2.75, 3.05) is 13.1 Å². The van der Waals surface area contributed by atoms with Crippen molar-refractivity contribution in [2.45, 2.75) is 32.0 Å². The van der Waals surface area contributed by atoms with Gasteiger partial charge in [-0.3, -0.25) is 0 Å². The van der Waals surface area contributed by atoms with Crippen LogP contribution in [0.1, 0.15) is 24.0 Å². The zero-order chi connectivity index (χ0) is 12.4. The molecular formula is C14H17FmN2O2-. The second-order valence-electron chi connectivity index (χ2n) is 4.93. The van der Waals surface area contributed by atoms with Crippen molar-refractivity contribution in [1.29, 1.82) is 0 Å². The van der Waals surface area contributed by atoms with Gasteiger partial charge in [0.25, 0.3) is 0 Å². The van der Waals surface area contributed by atoms with E-state index >= 15 is 0 Å². The summed E-state index contributed by atoms with van der Waals surface area (Å²) >= 11 is 0. The Morgan fingerprint density at radius 2 is 1.95 bits per heavy atom. The summed E-state index contributed by atoms with van der Waals surface area (Å²) in [7, 11) is 0. The quantitative estimate of drug-likeness (QED) is 0.633. The van der Waals surface area contributed by atoms with Crippen molar-refractivity contribution < 1.29 is 9.53 Å². The van der Waals surface area contributed by atoms with Crippen LogP contribution in [0.5, 0.6) is 5.75 Å². The van der Waals surface area contributed by atoms with E-state index in [0.29, 0.717) is 0 Å². The number of fused-ring (bicyclic) bond motifs is 1. The van der Waals surface area contributed by atoms with Crippen LogP contribution in [0.2, 0.25) is 0 Å². The summed E-state index contributed by atoms with van der Waals surface area (Å²) in [5.74, 6) is 0.950. The molecule has 0 spiro atoms. The molecule has 2 aliphatic heterocycles. The fourth-order valence-electron chi connectivity index (χ4n) is 2.60. The van der Waals surface area contributed by atoms with E-state index < -0.39 is 0 Å². The summed E-state index contributed by atoms with van der Waals surface area (Å²) in [6.07, 6.45) is 3.95. The number of likely N-dealkylation sites (tertiary alicyclic amines) is 1. The zero-order valence-corrected chi connectivity index (χ0v) is 13.0. The van der Waals surface area contributed by atoms with E-state index in [9.17, 15) is 4.79 Å². The first-order valence-electron chi connectivity index (χ1n) is 6.47. The van der Waals surface area contributed by atoms with Crippen molar-refractivity contribution >= 4 is 6.41 Å². The molecule has 2 aliphatic rings. The Kier molecular flexibility index (Phi) is 3.66. The molecule has 1 fully saturated rings. The average molecular weight is 502 g/mol. The standard InChI is InChI=1S/C14H17N2O2.Fm/c17-10-16-5-3-13(4-6-16)18-14-2-1-11-8-15-9-12(11)7-14;/h1-2,7,13,15H,3-6,8-9H2;/q-1;. The average Bonchev–Trinajstić information content (AvgIpc) is 2.87. The van der Waals surface area contributed by atoms with Gasteiger partial charge in [-0.1, -0.05) is 6.07 Å². The number of nitrogens with zero attached hydrogens (tertiary/aromatic N) is 1. The Bertz CT molecular complexity index is 445. The minimum absolute atomic E-state index is 0. The number of nitrogens with one attached hydrogen (secondary N) is 1. The largest absolute Gasteiger partial charge is 0.520 e. The van der Waals surface area contributed by atoms with Gasteiger partial charge in [-0.25, -0.2) is 0 Å². The van der Waals surface area contributed by atoms with Crippen molar-refractivity contribution in [3.63, 3.8) is 0 Å². The topological polar surface area (TPSA) is 41.6 Å². The number of amides is 1. The zero-order valence-electron chi connectivity index (χ0n) is 10.6. The molecule has 5 heteroatoms. The van der Waals surface area contributed by atoms with Gasteiger partial charge in [-0.2, -0.15) is 6.41 Å². The van der Waals surface area contributed by atoms with Gasteiger partial charge in [0.1, 0.15) is 11.9 Å². The van der Waals surface area contributed by atoms with E-state index in [0.717, 1.165) is 44.8 Å². The molecule has 4 nitrogen and oxygen atoms in total. The summed E-state index contributed by atoms with van der Waals surface area (Å²) in [6, 6.07) is 6.32. The Balaban J connectivity index is 0.00000133. The molecule has 0 aliphatic carbocycles. The first-order chi connectivity index (χ1) is 8.85. The summed E-state index contributed by atoms with van der Waals surface area (Å²) < 4.78 is 5.99. The van der Waals surface area contributed by atoms with Gasteiger partial charge in [0, 0.05) is 13.1 Å². The van der Waals surface area contributed by atoms with Gasteiger partial charge >= 0.3 is 0 Å². The van der Waals surface area contributed by atoms with Crippen LogP contribution in [0.3, 0.4) is 0 Å². The molecule has 108 valence electrons. The van der Waals surface area contributed by atoms with E-state index in [-0.39, 0.29) is 6.10 Å². The Morgan fingerprint density at radius 1 is 1.21 bits per heavy atom. The van der Waals surface area contributed by atoms with Crippen LogP contribution in [0.15, 0.2) is 18.2 Å². The van der Waals surface area contributed by atoms with E-state index in [1.165, 1.54) is 11.1 Å². The molecule has 1 N–H and O–H groups in total. The number of hydrogen-bond acceptors (Lipinski definition) is 3. The van der Waals surface area contributed by atoms with E-state index in [2.05, 4.69) is 17.4 Å². The molecule has 19 heavy (non-hydrogen) atoms. The van der Waals surface area contributed by atoms with Crippen LogP contribution in [-0.2, 0) is 17.9 Å². The molecule has 0 aromatic heterocycles. The van der Waals surface area contributed by atoms with E-state index in [1.807, 2.05) is 12.5 Å². The van der Waals surface area contributed by atoms with Crippen LogP contribution in [0.4, 0.5) is 0 Å². The predicted molar refractivity (Wildman–Crippen MR) is 67.9 cm³/mol. The van der Waals surface area contributed by atoms with Crippen LogP contribution in [0.25, 0.3) is 0 Å². The molecule has 3 rings (SSSR count). The molecule has 0 bridgehead atoms. The maximum absolute atomic E-state index is 10.5. The smallest absolute Gasteiger partial charge is 0.120 e. The third kappa shape index (κ3) is 2.65. The Morgan fingerprint density at radius 3 is 2.68 bits per heavy atom. The monoisotopic (exact) mass is 502 g/mol. The minimum atomic E-state index is 0. The van der Waals surface area contributed by atoms with Gasteiger partial charge in [-0.15, -0.1) is 0 Å². The van der Waals surface area contributed by atoms with Crippen molar-refractivity contribution in [3.8, 4) is 5.75 Å². The molecular weight excluding hydrogens is 485 g/mol. The first kappa shape index (κ1) is 12.9. The predicted octanol–water partition coefficient (Wildman–Crippen LogP) is 1.20. The third-order valence-electron chi connectivity index (χ3n) is 3.68. The van der Waals surface area contributed by atoms with E-state index in [1.54, 1.807) is 4.90 Å². The maximum Gasteiger partial charge on any atom is 0.120 e. The molecule has 0 radical (unpaired) electrons. The minimum Gasteiger partial charge on any atom is -0.520 e. The number of rotatable bonds is 3. The molecule has 1 aromatic carbocycles. The number of hydrogen-bond donors (Lipinski definition) is 1. The van der Waals surface area contributed by atoms with Crippen molar-refractivity contribution in [3.05, 3.63) is 29.3 Å². The molecule has 0 saturated carbocycles. The molecule has 1 saturated heterocycles. The van der Waals surface area contributed by atoms with Crippen LogP contribution >= 0.6 is 0 Å². The van der Waals surface area contributed by atoms with Gasteiger partial charge in [0.05, 0.1) is 0 Å². The summed E-state index contributed by atoms with van der Waals surface area (Å²) in [5.41, 5.74) is 2.71. The fourth-order valence-corrected chi connectivity index (χ4v) is 2.60. The fraction of sp³-hybridized carbons (Fsp3) is 0.500. The molecule has 1 aromatic rings. The summed E-state index contributed by atoms with van der Waals surface area (Å²) in [5, 5.41) is 3.33. The molecule has 0 atom stereocenters. The molecule has 0 unspecified atom stereocenters. The van der Waals surface area contributed by atoms with Gasteiger partial charge in [-0.05, 0) is 49.2 Å². The van der Waals surface area contributed by atoms with Crippen LogP contribution < -0.4 is 10.1 Å². The third-order valence-corrected chi connectivity index (χ3v) is 3.68. The SMILES string of the molecule is O=[C-]N1CCC(Oc2ccc3c(c2)CNC3)CC1.[Fm]. The van der Waals surface area contributed by atoms with Gasteiger partial charge < -0.3 is 19.7 Å². The first-order valence-corrected chi connectivity index (χ1v) is 6.47. The van der Waals surface area contributed by atoms with E-state index in [4.69, 9.17) is 4.74 Å². The van der Waals surface area contributed by atoms with Crippen LogP contribution in [-0.4, -0.2) is 30.5 Å². The molecule has 2 heterocycles. The molecule has 1 amide bonds.